The molecule has 0 aliphatic heterocycles. The van der Waals surface area contributed by atoms with Gasteiger partial charge in [-0.25, -0.2) is 0 Å². The van der Waals surface area contributed by atoms with Gasteiger partial charge >= 0.3 is 0 Å². The van der Waals surface area contributed by atoms with Crippen LogP contribution in [0.3, 0.4) is 0 Å². The summed E-state index contributed by atoms with van der Waals surface area (Å²) in [6.45, 7) is 1.84. The molecule has 0 saturated carbocycles. The molecule has 2 heteroatoms. The lowest BCUT2D eigenvalue weighted by Gasteiger charge is -1.76. The Morgan fingerprint density at radius 3 is 2.43 bits per heavy atom. The van der Waals surface area contributed by atoms with E-state index in [-0.39, 0.29) is 5.12 Å². The van der Waals surface area contributed by atoms with E-state index >= 15 is 0 Å². The van der Waals surface area contributed by atoms with Gasteiger partial charge in [-0.15, -0.1) is 12.6 Å². The van der Waals surface area contributed by atoms with Gasteiger partial charge in [-0.05, 0) is 6.92 Å². The number of hydrogen-bond acceptors (Lipinski definition) is 1. The summed E-state index contributed by atoms with van der Waals surface area (Å²) in [6.07, 6.45) is 4.81. The standard InChI is InChI=1S/C5H7OS/c1-2-3-4-5(6)7/h2-4H,1H3,(H,6,7)/b3-2+. The summed E-state index contributed by atoms with van der Waals surface area (Å²) < 4.78 is 0. The summed E-state index contributed by atoms with van der Waals surface area (Å²) in [5, 5.41) is -0.210. The monoisotopic (exact) mass is 115 g/mol. The van der Waals surface area contributed by atoms with E-state index in [1.165, 1.54) is 6.42 Å². The van der Waals surface area contributed by atoms with Crippen molar-refractivity contribution < 1.29 is 4.79 Å². The molecule has 0 aromatic carbocycles. The van der Waals surface area contributed by atoms with Gasteiger partial charge in [0.05, 0.1) is 6.42 Å². The van der Waals surface area contributed by atoms with Gasteiger partial charge in [0, 0.05) is 0 Å². The molecule has 0 rings (SSSR count). The van der Waals surface area contributed by atoms with Gasteiger partial charge in [-0.1, -0.05) is 12.2 Å². The van der Waals surface area contributed by atoms with Crippen molar-refractivity contribution in [1.29, 1.82) is 0 Å². The van der Waals surface area contributed by atoms with Gasteiger partial charge in [0.2, 0.25) is 0 Å². The van der Waals surface area contributed by atoms with Crippen LogP contribution in [-0.2, 0) is 4.79 Å². The summed E-state index contributed by atoms with van der Waals surface area (Å²) in [7, 11) is 0. The highest BCUT2D eigenvalue weighted by molar-refractivity contribution is 7.97. The van der Waals surface area contributed by atoms with E-state index in [0.29, 0.717) is 0 Å². The molecule has 1 radical (unpaired) electrons. The Kier molecular flexibility index (Phi) is 3.80. The van der Waals surface area contributed by atoms with Crippen LogP contribution >= 0.6 is 12.6 Å². The topological polar surface area (TPSA) is 17.1 Å². The van der Waals surface area contributed by atoms with Crippen LogP contribution in [0, 0.1) is 6.42 Å². The Balaban J connectivity index is 3.14. The summed E-state index contributed by atoms with van der Waals surface area (Å²) in [5.41, 5.74) is 0. The van der Waals surface area contributed by atoms with E-state index in [1.54, 1.807) is 12.2 Å². The molecule has 0 aliphatic carbocycles. The van der Waals surface area contributed by atoms with Gasteiger partial charge in [-0.3, -0.25) is 4.79 Å². The molecular weight excluding hydrogens is 108 g/mol. The fourth-order valence-electron chi connectivity index (χ4n) is 0.179. The summed E-state index contributed by atoms with van der Waals surface area (Å²) in [5.74, 6) is 0. The van der Waals surface area contributed by atoms with E-state index in [9.17, 15) is 4.79 Å². The molecule has 0 aliphatic rings. The van der Waals surface area contributed by atoms with Crippen molar-refractivity contribution in [3.8, 4) is 0 Å². The minimum absolute atomic E-state index is 0.210. The van der Waals surface area contributed by atoms with Gasteiger partial charge in [0.25, 0.3) is 0 Å². The SMILES string of the molecule is C/C=C/[CH]C(=O)S. The quantitative estimate of drug-likeness (QED) is 0.535. The van der Waals surface area contributed by atoms with Crippen molar-refractivity contribution >= 4 is 17.7 Å². The molecule has 0 bridgehead atoms. The molecule has 0 amide bonds. The highest BCUT2D eigenvalue weighted by Crippen LogP contribution is 1.85. The maximum atomic E-state index is 9.96. The second-order valence-electron chi connectivity index (χ2n) is 1.03. The van der Waals surface area contributed by atoms with Gasteiger partial charge in [0.15, 0.2) is 5.12 Å². The van der Waals surface area contributed by atoms with Crippen LogP contribution in [0.4, 0.5) is 0 Å². The molecule has 0 N–H and O–H groups in total. The Hall–Kier alpha value is -0.240. The minimum Gasteiger partial charge on any atom is -0.287 e. The van der Waals surface area contributed by atoms with Crippen LogP contribution in [0.1, 0.15) is 6.92 Å². The molecule has 1 nitrogen and oxygen atoms in total. The van der Waals surface area contributed by atoms with E-state index < -0.39 is 0 Å². The molecule has 0 aromatic rings. The Morgan fingerprint density at radius 1 is 1.71 bits per heavy atom. The second kappa shape index (κ2) is 3.93. The average molecular weight is 115 g/mol. The fourth-order valence-corrected chi connectivity index (χ4v) is 0.265. The van der Waals surface area contributed by atoms with Crippen LogP contribution in [0.2, 0.25) is 0 Å². The van der Waals surface area contributed by atoms with Crippen molar-refractivity contribution in [1.82, 2.24) is 0 Å². The molecule has 0 fully saturated rings. The van der Waals surface area contributed by atoms with E-state index in [0.717, 1.165) is 0 Å². The molecule has 0 heterocycles. The molecule has 39 valence electrons. The zero-order valence-corrected chi connectivity index (χ0v) is 4.98. The lowest BCUT2D eigenvalue weighted by atomic mass is 10.4. The number of allylic oxidation sites excluding steroid dienone is 2. The molecule has 0 saturated heterocycles. The van der Waals surface area contributed by atoms with Crippen molar-refractivity contribution in [2.45, 2.75) is 6.92 Å². The predicted molar refractivity (Wildman–Crippen MR) is 33.1 cm³/mol. The lowest BCUT2D eigenvalue weighted by molar-refractivity contribution is -0.107. The molecular formula is C5H7OS. The van der Waals surface area contributed by atoms with Crippen LogP contribution in [0.25, 0.3) is 0 Å². The van der Waals surface area contributed by atoms with E-state index in [2.05, 4.69) is 12.6 Å². The van der Waals surface area contributed by atoms with Gasteiger partial charge < -0.3 is 0 Å². The van der Waals surface area contributed by atoms with Gasteiger partial charge in [-0.2, -0.15) is 0 Å². The third kappa shape index (κ3) is 5.76. The Bertz CT molecular complexity index is 86.1. The summed E-state index contributed by atoms with van der Waals surface area (Å²) >= 11 is 3.49. The third-order valence-electron chi connectivity index (χ3n) is 0.431. The first-order chi connectivity index (χ1) is 3.27. The van der Waals surface area contributed by atoms with Crippen LogP contribution in [0.5, 0.6) is 0 Å². The fraction of sp³-hybridized carbons (Fsp3) is 0.200. The first-order valence-electron chi connectivity index (χ1n) is 1.96. The van der Waals surface area contributed by atoms with Crippen molar-refractivity contribution in [2.75, 3.05) is 0 Å². The highest BCUT2D eigenvalue weighted by atomic mass is 32.1. The number of carbonyl (C=O) groups excluding carboxylic acids is 1. The molecule has 0 spiro atoms. The molecule has 0 unspecified atom stereocenters. The molecule has 7 heavy (non-hydrogen) atoms. The number of carbonyl (C=O) groups is 1. The second-order valence-corrected chi connectivity index (χ2v) is 1.47. The maximum Gasteiger partial charge on any atom is 0.193 e. The zero-order valence-electron chi connectivity index (χ0n) is 4.09. The predicted octanol–water partition coefficient (Wildman–Crippen LogP) is 1.22. The van der Waals surface area contributed by atoms with Gasteiger partial charge in [0.1, 0.15) is 0 Å². The number of thiol groups is 1. The van der Waals surface area contributed by atoms with Crippen LogP contribution in [0.15, 0.2) is 12.2 Å². The highest BCUT2D eigenvalue weighted by Gasteiger charge is 1.84. The summed E-state index contributed by atoms with van der Waals surface area (Å²) in [6, 6.07) is 0. The number of hydrogen-bond donors (Lipinski definition) is 1. The smallest absolute Gasteiger partial charge is 0.193 e. The first-order valence-corrected chi connectivity index (χ1v) is 2.41. The minimum atomic E-state index is -0.210. The lowest BCUT2D eigenvalue weighted by Crippen LogP contribution is -1.79. The normalized spacial score (nSPS) is 10.0. The third-order valence-corrected chi connectivity index (χ3v) is 0.580. The Labute approximate surface area is 48.8 Å². The average Bonchev–Trinajstić information content (AvgIpc) is 1.61. The van der Waals surface area contributed by atoms with Crippen molar-refractivity contribution in [3.63, 3.8) is 0 Å². The Morgan fingerprint density at radius 2 is 2.29 bits per heavy atom. The number of rotatable bonds is 2. The van der Waals surface area contributed by atoms with E-state index in [4.69, 9.17) is 0 Å². The maximum absolute atomic E-state index is 9.96. The van der Waals surface area contributed by atoms with E-state index in [1.807, 2.05) is 6.92 Å². The summed E-state index contributed by atoms with van der Waals surface area (Å²) in [4.78, 5) is 9.96. The van der Waals surface area contributed by atoms with Crippen molar-refractivity contribution in [3.05, 3.63) is 18.6 Å². The van der Waals surface area contributed by atoms with Crippen LogP contribution in [-0.4, -0.2) is 5.12 Å². The van der Waals surface area contributed by atoms with Crippen LogP contribution < -0.4 is 0 Å². The molecule has 0 aromatic heterocycles. The largest absolute Gasteiger partial charge is 0.287 e. The van der Waals surface area contributed by atoms with Crippen molar-refractivity contribution in [2.24, 2.45) is 0 Å². The zero-order chi connectivity index (χ0) is 5.70. The first kappa shape index (κ1) is 6.76. The molecule has 0 atom stereocenters.